The van der Waals surface area contributed by atoms with Gasteiger partial charge in [-0.3, -0.25) is 0 Å². The Morgan fingerprint density at radius 2 is 1.85 bits per heavy atom. The molecule has 2 unspecified atom stereocenters. The minimum absolute atomic E-state index is 0.496. The predicted molar refractivity (Wildman–Crippen MR) is 58.6 cm³/mol. The number of rotatable bonds is 4. The molecule has 0 saturated heterocycles. The van der Waals surface area contributed by atoms with Gasteiger partial charge in [0.15, 0.2) is 0 Å². The molecule has 71 valence electrons. The lowest BCUT2D eigenvalue weighted by molar-refractivity contribution is 0.480. The van der Waals surface area contributed by atoms with E-state index in [1.807, 2.05) is 18.2 Å². The third-order valence-corrected chi connectivity index (χ3v) is 2.37. The summed E-state index contributed by atoms with van der Waals surface area (Å²) in [5, 5.41) is 3.39. The van der Waals surface area contributed by atoms with Crippen LogP contribution in [0.15, 0.2) is 30.3 Å². The van der Waals surface area contributed by atoms with Crippen LogP contribution in [0.25, 0.3) is 0 Å². The van der Waals surface area contributed by atoms with E-state index in [2.05, 4.69) is 38.2 Å². The highest BCUT2D eigenvalue weighted by atomic mass is 14.9. The van der Waals surface area contributed by atoms with Crippen LogP contribution in [0.2, 0.25) is 0 Å². The summed E-state index contributed by atoms with van der Waals surface area (Å²) in [7, 11) is 0. The monoisotopic (exact) mass is 176 g/mol. The Bertz CT molecular complexity index is 228. The Labute approximate surface area is 81.2 Å². The van der Waals surface area contributed by atoms with E-state index < -0.39 is 0 Å². The Kier molecular flexibility index (Phi) is 3.81. The lowest BCUT2D eigenvalue weighted by Crippen LogP contribution is -2.16. The topological polar surface area (TPSA) is 12.0 Å². The van der Waals surface area contributed by atoms with Gasteiger partial charge in [0.2, 0.25) is 0 Å². The van der Waals surface area contributed by atoms with Crippen molar-refractivity contribution in [2.24, 2.45) is 11.8 Å². The highest BCUT2D eigenvalue weighted by molar-refractivity contribution is 5.42. The molecule has 1 radical (unpaired) electrons. The van der Waals surface area contributed by atoms with Crippen LogP contribution in [-0.4, -0.2) is 6.54 Å². The predicted octanol–water partition coefficient (Wildman–Crippen LogP) is 3.20. The van der Waals surface area contributed by atoms with E-state index in [1.54, 1.807) is 0 Å². The number of hydrogen-bond donors (Lipinski definition) is 1. The standard InChI is InChI=1S/C12H18N/c1-10(2)11(3)9-13-12-7-5-4-6-8-12/h4-8,10-11,13H,1,9H2,2-3H3. The highest BCUT2D eigenvalue weighted by Crippen LogP contribution is 2.11. The molecule has 1 rings (SSSR count). The zero-order chi connectivity index (χ0) is 9.68. The van der Waals surface area contributed by atoms with E-state index in [0.29, 0.717) is 11.8 Å². The molecular weight excluding hydrogens is 158 g/mol. The van der Waals surface area contributed by atoms with Gasteiger partial charge in [0, 0.05) is 12.2 Å². The molecule has 0 spiro atoms. The van der Waals surface area contributed by atoms with Crippen molar-refractivity contribution >= 4 is 5.69 Å². The minimum atomic E-state index is 0.496. The van der Waals surface area contributed by atoms with E-state index in [0.717, 1.165) is 6.54 Å². The summed E-state index contributed by atoms with van der Waals surface area (Å²) in [6, 6.07) is 10.3. The summed E-state index contributed by atoms with van der Waals surface area (Å²) in [6.45, 7) is 9.37. The number of hydrogen-bond acceptors (Lipinski definition) is 1. The van der Waals surface area contributed by atoms with Gasteiger partial charge in [-0.2, -0.15) is 0 Å². The molecule has 0 amide bonds. The molecule has 1 nitrogen and oxygen atoms in total. The van der Waals surface area contributed by atoms with Crippen LogP contribution < -0.4 is 5.32 Å². The molecule has 0 heterocycles. The normalized spacial score (nSPS) is 12.9. The fraction of sp³-hybridized carbons (Fsp3) is 0.417. The maximum atomic E-state index is 4.01. The summed E-state index contributed by atoms with van der Waals surface area (Å²) < 4.78 is 0. The highest BCUT2D eigenvalue weighted by Gasteiger charge is 2.05. The third kappa shape index (κ3) is 3.49. The van der Waals surface area contributed by atoms with Gasteiger partial charge >= 0.3 is 0 Å². The molecule has 1 heteroatoms. The van der Waals surface area contributed by atoms with Crippen molar-refractivity contribution in [1.82, 2.24) is 0 Å². The Balaban J connectivity index is 2.35. The van der Waals surface area contributed by atoms with Crippen LogP contribution in [0.5, 0.6) is 0 Å². The van der Waals surface area contributed by atoms with E-state index in [9.17, 15) is 0 Å². The van der Waals surface area contributed by atoms with E-state index in [4.69, 9.17) is 0 Å². The van der Waals surface area contributed by atoms with E-state index >= 15 is 0 Å². The van der Waals surface area contributed by atoms with Crippen molar-refractivity contribution in [2.75, 3.05) is 11.9 Å². The van der Waals surface area contributed by atoms with Crippen LogP contribution in [0, 0.1) is 18.8 Å². The maximum absolute atomic E-state index is 4.01. The van der Waals surface area contributed by atoms with E-state index in [-0.39, 0.29) is 0 Å². The van der Waals surface area contributed by atoms with Crippen LogP contribution in [-0.2, 0) is 0 Å². The fourth-order valence-electron chi connectivity index (χ4n) is 1.04. The molecule has 1 aromatic carbocycles. The second-order valence-corrected chi connectivity index (χ2v) is 3.70. The molecule has 0 saturated carbocycles. The molecule has 13 heavy (non-hydrogen) atoms. The number of anilines is 1. The first-order chi connectivity index (χ1) is 6.20. The minimum Gasteiger partial charge on any atom is -0.385 e. The van der Waals surface area contributed by atoms with Crippen molar-refractivity contribution in [2.45, 2.75) is 13.8 Å². The molecule has 1 aromatic rings. The smallest absolute Gasteiger partial charge is 0.0340 e. The lowest BCUT2D eigenvalue weighted by atomic mass is 9.98. The molecule has 2 atom stereocenters. The van der Waals surface area contributed by atoms with Crippen molar-refractivity contribution in [3.8, 4) is 0 Å². The molecule has 0 fully saturated rings. The average molecular weight is 176 g/mol. The largest absolute Gasteiger partial charge is 0.385 e. The quantitative estimate of drug-likeness (QED) is 0.742. The van der Waals surface area contributed by atoms with Gasteiger partial charge in [-0.1, -0.05) is 39.0 Å². The molecule has 0 aliphatic carbocycles. The summed E-state index contributed by atoms with van der Waals surface area (Å²) in [5.74, 6) is 1.11. The van der Waals surface area contributed by atoms with Gasteiger partial charge in [0.25, 0.3) is 0 Å². The first-order valence-corrected chi connectivity index (χ1v) is 4.82. The molecule has 0 aliphatic heterocycles. The Hall–Kier alpha value is -0.980. The number of nitrogens with one attached hydrogen (secondary N) is 1. The first kappa shape index (κ1) is 10.1. The summed E-state index contributed by atoms with van der Waals surface area (Å²) in [4.78, 5) is 0. The second-order valence-electron chi connectivity index (χ2n) is 3.70. The van der Waals surface area contributed by atoms with Gasteiger partial charge in [-0.25, -0.2) is 0 Å². The Morgan fingerprint density at radius 1 is 1.23 bits per heavy atom. The Morgan fingerprint density at radius 3 is 2.38 bits per heavy atom. The molecule has 0 aromatic heterocycles. The maximum Gasteiger partial charge on any atom is 0.0340 e. The first-order valence-electron chi connectivity index (χ1n) is 4.82. The molecule has 1 N–H and O–H groups in total. The van der Waals surface area contributed by atoms with Gasteiger partial charge in [-0.15, -0.1) is 0 Å². The zero-order valence-electron chi connectivity index (χ0n) is 8.46. The molecule has 0 bridgehead atoms. The van der Waals surface area contributed by atoms with Crippen LogP contribution in [0.3, 0.4) is 0 Å². The molecule has 0 aliphatic rings. The van der Waals surface area contributed by atoms with Crippen LogP contribution in [0.1, 0.15) is 13.8 Å². The van der Waals surface area contributed by atoms with Crippen molar-refractivity contribution < 1.29 is 0 Å². The summed E-state index contributed by atoms with van der Waals surface area (Å²) in [6.07, 6.45) is 0. The average Bonchev–Trinajstić information content (AvgIpc) is 2.15. The van der Waals surface area contributed by atoms with Crippen molar-refractivity contribution in [3.63, 3.8) is 0 Å². The lowest BCUT2D eigenvalue weighted by Gasteiger charge is -2.16. The van der Waals surface area contributed by atoms with Crippen molar-refractivity contribution in [1.29, 1.82) is 0 Å². The van der Waals surface area contributed by atoms with Crippen LogP contribution >= 0.6 is 0 Å². The van der Waals surface area contributed by atoms with Crippen LogP contribution in [0.4, 0.5) is 5.69 Å². The molecular formula is C12H18N. The zero-order valence-corrected chi connectivity index (χ0v) is 8.46. The number of benzene rings is 1. The number of para-hydroxylation sites is 1. The fourth-order valence-corrected chi connectivity index (χ4v) is 1.04. The van der Waals surface area contributed by atoms with Crippen molar-refractivity contribution in [3.05, 3.63) is 37.3 Å². The van der Waals surface area contributed by atoms with Gasteiger partial charge < -0.3 is 5.32 Å². The SMILES string of the molecule is [CH2]C(C)C(C)CNc1ccccc1. The van der Waals surface area contributed by atoms with Gasteiger partial charge in [0.1, 0.15) is 0 Å². The second kappa shape index (κ2) is 4.90. The van der Waals surface area contributed by atoms with Gasteiger partial charge in [-0.05, 0) is 24.0 Å². The summed E-state index contributed by atoms with van der Waals surface area (Å²) >= 11 is 0. The van der Waals surface area contributed by atoms with Gasteiger partial charge in [0.05, 0.1) is 0 Å². The van der Waals surface area contributed by atoms with E-state index in [1.165, 1.54) is 5.69 Å². The third-order valence-electron chi connectivity index (χ3n) is 2.37. The summed E-state index contributed by atoms with van der Waals surface area (Å²) in [5.41, 5.74) is 1.19.